The van der Waals surface area contributed by atoms with E-state index >= 15 is 0 Å². The summed E-state index contributed by atoms with van der Waals surface area (Å²) in [4.78, 5) is 0.290. The SMILES string of the molecule is CN(C)S(=O)(=O)c1cccc(CNc2cccc(Cl)c2)c1. The number of rotatable bonds is 5. The summed E-state index contributed by atoms with van der Waals surface area (Å²) in [6.07, 6.45) is 0. The smallest absolute Gasteiger partial charge is 0.242 e. The Hall–Kier alpha value is -1.56. The molecule has 2 aromatic carbocycles. The fourth-order valence-corrected chi connectivity index (χ4v) is 2.99. The molecule has 0 fully saturated rings. The third-order valence-corrected chi connectivity index (χ3v) is 5.04. The highest BCUT2D eigenvalue weighted by Crippen LogP contribution is 2.18. The Morgan fingerprint density at radius 1 is 1.10 bits per heavy atom. The number of halogens is 1. The molecule has 0 aromatic heterocycles. The zero-order chi connectivity index (χ0) is 15.5. The van der Waals surface area contributed by atoms with Crippen molar-refractivity contribution < 1.29 is 8.42 Å². The van der Waals surface area contributed by atoms with Crippen LogP contribution in [0.5, 0.6) is 0 Å². The van der Waals surface area contributed by atoms with E-state index in [2.05, 4.69) is 5.32 Å². The molecule has 0 saturated carbocycles. The molecule has 0 unspecified atom stereocenters. The Bertz CT molecular complexity index is 730. The zero-order valence-electron chi connectivity index (χ0n) is 11.9. The van der Waals surface area contributed by atoms with E-state index in [1.807, 2.05) is 24.3 Å². The molecular weight excluding hydrogens is 308 g/mol. The molecule has 0 amide bonds. The predicted octanol–water partition coefficient (Wildman–Crippen LogP) is 3.20. The molecule has 112 valence electrons. The van der Waals surface area contributed by atoms with Crippen LogP contribution < -0.4 is 5.32 Å². The first-order valence-corrected chi connectivity index (χ1v) is 8.22. The fraction of sp³-hybridized carbons (Fsp3) is 0.200. The molecule has 0 aliphatic heterocycles. The second kappa shape index (κ2) is 6.47. The first-order valence-electron chi connectivity index (χ1n) is 6.40. The second-order valence-electron chi connectivity index (χ2n) is 4.80. The highest BCUT2D eigenvalue weighted by molar-refractivity contribution is 7.89. The van der Waals surface area contributed by atoms with E-state index in [4.69, 9.17) is 11.6 Å². The van der Waals surface area contributed by atoms with Crippen LogP contribution in [0.2, 0.25) is 5.02 Å². The lowest BCUT2D eigenvalue weighted by molar-refractivity contribution is 0.520. The quantitative estimate of drug-likeness (QED) is 0.918. The summed E-state index contributed by atoms with van der Waals surface area (Å²) in [6, 6.07) is 14.3. The molecule has 2 aromatic rings. The fourth-order valence-electron chi connectivity index (χ4n) is 1.83. The van der Waals surface area contributed by atoms with Gasteiger partial charge >= 0.3 is 0 Å². The molecule has 6 heteroatoms. The van der Waals surface area contributed by atoms with Crippen LogP contribution in [0, 0.1) is 0 Å². The molecule has 0 spiro atoms. The minimum absolute atomic E-state index is 0.290. The van der Waals surface area contributed by atoms with Crippen LogP contribution in [0.4, 0.5) is 5.69 Å². The number of hydrogen-bond acceptors (Lipinski definition) is 3. The van der Waals surface area contributed by atoms with E-state index in [0.29, 0.717) is 11.6 Å². The first kappa shape index (κ1) is 15.8. The Kier molecular flexibility index (Phi) is 4.88. The van der Waals surface area contributed by atoms with E-state index in [1.165, 1.54) is 18.4 Å². The van der Waals surface area contributed by atoms with Gasteiger partial charge < -0.3 is 5.32 Å². The molecule has 1 N–H and O–H groups in total. The van der Waals surface area contributed by atoms with Gasteiger partial charge in [-0.25, -0.2) is 12.7 Å². The van der Waals surface area contributed by atoms with Gasteiger partial charge in [0.15, 0.2) is 0 Å². The maximum Gasteiger partial charge on any atom is 0.242 e. The summed E-state index contributed by atoms with van der Waals surface area (Å²) in [6.45, 7) is 0.525. The van der Waals surface area contributed by atoms with Crippen LogP contribution in [-0.2, 0) is 16.6 Å². The Morgan fingerprint density at radius 2 is 1.81 bits per heavy atom. The normalized spacial score (nSPS) is 11.6. The first-order chi connectivity index (χ1) is 9.89. The Balaban J connectivity index is 2.15. The molecule has 0 radical (unpaired) electrons. The summed E-state index contributed by atoms with van der Waals surface area (Å²) < 4.78 is 25.4. The number of hydrogen-bond donors (Lipinski definition) is 1. The maximum atomic E-state index is 12.1. The number of sulfonamides is 1. The Labute approximate surface area is 130 Å². The van der Waals surface area contributed by atoms with E-state index in [0.717, 1.165) is 11.3 Å². The lowest BCUT2D eigenvalue weighted by Gasteiger charge is -2.13. The van der Waals surface area contributed by atoms with Crippen molar-refractivity contribution in [2.75, 3.05) is 19.4 Å². The molecular formula is C15H17ClN2O2S. The lowest BCUT2D eigenvalue weighted by Crippen LogP contribution is -2.22. The minimum atomic E-state index is -3.40. The van der Waals surface area contributed by atoms with E-state index in [-0.39, 0.29) is 4.90 Å². The van der Waals surface area contributed by atoms with Crippen LogP contribution in [0.15, 0.2) is 53.4 Å². The van der Waals surface area contributed by atoms with Gasteiger partial charge in [0.2, 0.25) is 10.0 Å². The molecule has 0 bridgehead atoms. The van der Waals surface area contributed by atoms with Crippen molar-refractivity contribution in [3.8, 4) is 0 Å². The zero-order valence-corrected chi connectivity index (χ0v) is 13.4. The average Bonchev–Trinajstić information content (AvgIpc) is 2.45. The van der Waals surface area contributed by atoms with Gasteiger partial charge in [-0.15, -0.1) is 0 Å². The van der Waals surface area contributed by atoms with E-state index < -0.39 is 10.0 Å². The van der Waals surface area contributed by atoms with Crippen molar-refractivity contribution in [1.82, 2.24) is 4.31 Å². The summed E-state index contributed by atoms with van der Waals surface area (Å²) in [5.41, 5.74) is 1.78. The molecule has 0 atom stereocenters. The van der Waals surface area contributed by atoms with Gasteiger partial charge in [-0.05, 0) is 35.9 Å². The molecule has 0 aliphatic carbocycles. The third-order valence-electron chi connectivity index (χ3n) is 3.00. The van der Waals surface area contributed by atoms with Crippen LogP contribution in [0.25, 0.3) is 0 Å². The van der Waals surface area contributed by atoms with E-state index in [9.17, 15) is 8.42 Å². The molecule has 0 aliphatic rings. The van der Waals surface area contributed by atoms with Gasteiger partial charge in [0.25, 0.3) is 0 Å². The van der Waals surface area contributed by atoms with Crippen molar-refractivity contribution in [2.24, 2.45) is 0 Å². The van der Waals surface area contributed by atoms with E-state index in [1.54, 1.807) is 24.3 Å². The lowest BCUT2D eigenvalue weighted by atomic mass is 10.2. The largest absolute Gasteiger partial charge is 0.381 e. The average molecular weight is 325 g/mol. The van der Waals surface area contributed by atoms with Gasteiger partial charge in [-0.3, -0.25) is 0 Å². The highest BCUT2D eigenvalue weighted by atomic mass is 35.5. The summed E-state index contributed by atoms with van der Waals surface area (Å²) >= 11 is 5.92. The maximum absolute atomic E-state index is 12.1. The van der Waals surface area contributed by atoms with Crippen molar-refractivity contribution in [3.63, 3.8) is 0 Å². The summed E-state index contributed by atoms with van der Waals surface area (Å²) in [5.74, 6) is 0. The van der Waals surface area contributed by atoms with Gasteiger partial charge in [0.05, 0.1) is 4.90 Å². The van der Waals surface area contributed by atoms with Crippen LogP contribution in [0.1, 0.15) is 5.56 Å². The molecule has 4 nitrogen and oxygen atoms in total. The van der Waals surface area contributed by atoms with Gasteiger partial charge in [-0.1, -0.05) is 29.8 Å². The molecule has 21 heavy (non-hydrogen) atoms. The van der Waals surface area contributed by atoms with Crippen molar-refractivity contribution in [2.45, 2.75) is 11.4 Å². The predicted molar refractivity (Wildman–Crippen MR) is 86.1 cm³/mol. The van der Waals surface area contributed by atoms with Gasteiger partial charge in [0, 0.05) is 31.4 Å². The Morgan fingerprint density at radius 3 is 2.48 bits per heavy atom. The molecule has 0 heterocycles. The third kappa shape index (κ3) is 3.97. The highest BCUT2D eigenvalue weighted by Gasteiger charge is 2.16. The van der Waals surface area contributed by atoms with Gasteiger partial charge in [0.1, 0.15) is 0 Å². The van der Waals surface area contributed by atoms with Crippen LogP contribution >= 0.6 is 11.6 Å². The van der Waals surface area contributed by atoms with Crippen LogP contribution in [-0.4, -0.2) is 26.8 Å². The van der Waals surface area contributed by atoms with Crippen molar-refractivity contribution in [1.29, 1.82) is 0 Å². The summed E-state index contributed by atoms with van der Waals surface area (Å²) in [5, 5.41) is 3.87. The van der Waals surface area contributed by atoms with Crippen LogP contribution in [0.3, 0.4) is 0 Å². The van der Waals surface area contributed by atoms with Crippen molar-refractivity contribution >= 4 is 27.3 Å². The molecule has 2 rings (SSSR count). The number of anilines is 1. The number of nitrogens with one attached hydrogen (secondary N) is 1. The standard InChI is InChI=1S/C15H17ClN2O2S/c1-18(2)21(19,20)15-8-3-5-12(9-15)11-17-14-7-4-6-13(16)10-14/h3-10,17H,11H2,1-2H3. The monoisotopic (exact) mass is 324 g/mol. The second-order valence-corrected chi connectivity index (χ2v) is 7.39. The number of benzene rings is 2. The van der Waals surface area contributed by atoms with Crippen molar-refractivity contribution in [3.05, 3.63) is 59.1 Å². The topological polar surface area (TPSA) is 49.4 Å². The molecule has 0 saturated heterocycles. The number of nitrogens with zero attached hydrogens (tertiary/aromatic N) is 1. The minimum Gasteiger partial charge on any atom is -0.381 e. The summed E-state index contributed by atoms with van der Waals surface area (Å²) in [7, 11) is -0.364. The van der Waals surface area contributed by atoms with Gasteiger partial charge in [-0.2, -0.15) is 0 Å².